The van der Waals surface area contributed by atoms with Crippen molar-refractivity contribution in [2.75, 3.05) is 0 Å². The predicted molar refractivity (Wildman–Crippen MR) is 67.0 cm³/mol. The summed E-state index contributed by atoms with van der Waals surface area (Å²) in [6, 6.07) is 2.42. The maximum absolute atomic E-state index is 12.1. The Bertz CT molecular complexity index is 472. The van der Waals surface area contributed by atoms with E-state index in [1.54, 1.807) is 4.90 Å². The van der Waals surface area contributed by atoms with E-state index in [1.165, 1.54) is 0 Å². The van der Waals surface area contributed by atoms with Crippen LogP contribution in [0.1, 0.15) is 39.0 Å². The van der Waals surface area contributed by atoms with Gasteiger partial charge in [-0.25, -0.2) is 4.79 Å². The second kappa shape index (κ2) is 3.97. The van der Waals surface area contributed by atoms with Gasteiger partial charge >= 0.3 is 6.09 Å². The zero-order chi connectivity index (χ0) is 13.7. The molecule has 0 aromatic carbocycles. The van der Waals surface area contributed by atoms with Crippen LogP contribution in [0, 0.1) is 11.3 Å². The Morgan fingerprint density at radius 3 is 3.00 bits per heavy atom. The SMILES string of the molecule is C=COC(=O)N1[C@@H]2CCCC3(OC3(C)C#N)[C@H]1CC2. The van der Waals surface area contributed by atoms with Crippen molar-refractivity contribution in [3.63, 3.8) is 0 Å². The summed E-state index contributed by atoms with van der Waals surface area (Å²) in [6.07, 6.45) is 5.43. The molecule has 0 N–H and O–H groups in total. The Kier molecular flexibility index (Phi) is 2.61. The monoisotopic (exact) mass is 262 g/mol. The maximum atomic E-state index is 12.1. The summed E-state index contributed by atoms with van der Waals surface area (Å²) in [5.41, 5.74) is -1.25. The van der Waals surface area contributed by atoms with E-state index >= 15 is 0 Å². The molecule has 2 bridgehead atoms. The summed E-state index contributed by atoms with van der Waals surface area (Å²) < 4.78 is 10.8. The van der Waals surface area contributed by atoms with Crippen molar-refractivity contribution in [3.05, 3.63) is 12.8 Å². The van der Waals surface area contributed by atoms with Gasteiger partial charge in [-0.2, -0.15) is 5.26 Å². The first-order valence-corrected chi connectivity index (χ1v) is 6.79. The number of epoxide rings is 1. The average molecular weight is 262 g/mol. The quantitative estimate of drug-likeness (QED) is 0.537. The van der Waals surface area contributed by atoms with Crippen molar-refractivity contribution in [2.24, 2.45) is 0 Å². The second-order valence-electron chi connectivity index (χ2n) is 5.73. The third-order valence-electron chi connectivity index (χ3n) is 4.89. The third kappa shape index (κ3) is 1.53. The van der Waals surface area contributed by atoms with Gasteiger partial charge in [-0.3, -0.25) is 4.90 Å². The average Bonchev–Trinajstić information content (AvgIpc) is 2.82. The van der Waals surface area contributed by atoms with Crippen molar-refractivity contribution in [3.8, 4) is 6.07 Å². The lowest BCUT2D eigenvalue weighted by atomic mass is 9.82. The second-order valence-corrected chi connectivity index (χ2v) is 5.73. The molecule has 102 valence electrons. The van der Waals surface area contributed by atoms with Gasteiger partial charge in [0.05, 0.1) is 12.3 Å². The van der Waals surface area contributed by atoms with E-state index in [1.807, 2.05) is 6.92 Å². The summed E-state index contributed by atoms with van der Waals surface area (Å²) in [5, 5.41) is 9.30. The molecule has 1 spiro atoms. The standard InChI is InChI=1S/C14H18N2O3/c1-3-18-12(17)16-10-5-4-8-14(11(16)7-6-10)13(2,9-15)19-14/h3,10-11H,1,4-8H2,2H3/t10-,11-,13?,14?/m1/s1. The van der Waals surface area contributed by atoms with E-state index in [0.717, 1.165) is 38.4 Å². The van der Waals surface area contributed by atoms with Crippen LogP contribution in [0.15, 0.2) is 12.8 Å². The minimum atomic E-state index is -0.760. The van der Waals surface area contributed by atoms with Gasteiger partial charge in [-0.05, 0) is 39.0 Å². The molecule has 0 aromatic rings. The minimum absolute atomic E-state index is 0.0444. The van der Waals surface area contributed by atoms with Crippen molar-refractivity contribution in [2.45, 2.75) is 62.3 Å². The molecule has 0 radical (unpaired) electrons. The lowest BCUT2D eigenvalue weighted by Gasteiger charge is -2.30. The zero-order valence-corrected chi connectivity index (χ0v) is 11.1. The van der Waals surface area contributed by atoms with Gasteiger partial charge < -0.3 is 9.47 Å². The fourth-order valence-electron chi connectivity index (χ4n) is 3.93. The molecule has 3 rings (SSSR count). The van der Waals surface area contributed by atoms with Crippen LogP contribution in [0.3, 0.4) is 0 Å². The van der Waals surface area contributed by atoms with Gasteiger partial charge in [-0.15, -0.1) is 0 Å². The molecule has 3 aliphatic heterocycles. The molecule has 1 amide bonds. The molecule has 19 heavy (non-hydrogen) atoms. The molecule has 3 saturated heterocycles. The Labute approximate surface area is 112 Å². The molecule has 5 nitrogen and oxygen atoms in total. The highest BCUT2D eigenvalue weighted by Crippen LogP contribution is 2.59. The maximum Gasteiger partial charge on any atom is 0.415 e. The highest BCUT2D eigenvalue weighted by Gasteiger charge is 2.74. The summed E-state index contributed by atoms with van der Waals surface area (Å²) in [7, 11) is 0. The van der Waals surface area contributed by atoms with Crippen LogP contribution in [0.2, 0.25) is 0 Å². The lowest BCUT2D eigenvalue weighted by molar-refractivity contribution is 0.0939. The van der Waals surface area contributed by atoms with E-state index < -0.39 is 11.2 Å². The molecule has 4 atom stereocenters. The van der Waals surface area contributed by atoms with Gasteiger partial charge in [0.2, 0.25) is 0 Å². The smallest absolute Gasteiger partial charge is 0.415 e. The summed E-state index contributed by atoms with van der Waals surface area (Å²) in [6.45, 7) is 5.25. The molecule has 3 fully saturated rings. The largest absolute Gasteiger partial charge is 0.419 e. The summed E-state index contributed by atoms with van der Waals surface area (Å²) >= 11 is 0. The number of nitriles is 1. The number of rotatable bonds is 1. The molecule has 2 unspecified atom stereocenters. The lowest BCUT2D eigenvalue weighted by Crippen LogP contribution is -2.48. The molecule has 0 aliphatic carbocycles. The Morgan fingerprint density at radius 1 is 1.58 bits per heavy atom. The Morgan fingerprint density at radius 2 is 2.37 bits per heavy atom. The number of hydrogen-bond acceptors (Lipinski definition) is 4. The fraction of sp³-hybridized carbons (Fsp3) is 0.714. The number of carbonyl (C=O) groups is 1. The number of carbonyl (C=O) groups excluding carboxylic acids is 1. The number of fused-ring (bicyclic) bond motifs is 3. The molecule has 5 heteroatoms. The first kappa shape index (κ1) is 12.5. The third-order valence-corrected chi connectivity index (χ3v) is 4.89. The van der Waals surface area contributed by atoms with Gasteiger partial charge in [-0.1, -0.05) is 6.58 Å². The normalized spacial score (nSPS) is 43.5. The number of hydrogen-bond donors (Lipinski definition) is 0. The van der Waals surface area contributed by atoms with E-state index in [2.05, 4.69) is 12.6 Å². The number of ether oxygens (including phenoxy) is 2. The van der Waals surface area contributed by atoms with Crippen molar-refractivity contribution >= 4 is 6.09 Å². The van der Waals surface area contributed by atoms with E-state index in [-0.39, 0.29) is 18.2 Å². The van der Waals surface area contributed by atoms with Crippen molar-refractivity contribution in [1.82, 2.24) is 4.90 Å². The first-order chi connectivity index (χ1) is 9.08. The van der Waals surface area contributed by atoms with E-state index in [4.69, 9.17) is 9.47 Å². The topological polar surface area (TPSA) is 65.9 Å². The zero-order valence-electron chi connectivity index (χ0n) is 11.1. The van der Waals surface area contributed by atoms with Crippen LogP contribution >= 0.6 is 0 Å². The number of amides is 1. The van der Waals surface area contributed by atoms with Crippen LogP contribution in [-0.2, 0) is 9.47 Å². The van der Waals surface area contributed by atoms with Gasteiger partial charge in [0.1, 0.15) is 11.7 Å². The highest BCUT2D eigenvalue weighted by atomic mass is 16.6. The van der Waals surface area contributed by atoms with E-state index in [9.17, 15) is 10.1 Å². The van der Waals surface area contributed by atoms with Crippen molar-refractivity contribution in [1.29, 1.82) is 5.26 Å². The number of nitrogens with zero attached hydrogens (tertiary/aromatic N) is 2. The minimum Gasteiger partial charge on any atom is -0.419 e. The van der Waals surface area contributed by atoms with Gasteiger partial charge in [0.15, 0.2) is 5.60 Å². The van der Waals surface area contributed by atoms with Crippen LogP contribution in [0.25, 0.3) is 0 Å². The molecule has 0 aromatic heterocycles. The highest BCUT2D eigenvalue weighted by molar-refractivity contribution is 5.70. The van der Waals surface area contributed by atoms with E-state index in [0.29, 0.717) is 0 Å². The Hall–Kier alpha value is -1.54. The molecule has 3 aliphatic rings. The van der Waals surface area contributed by atoms with Crippen LogP contribution in [0.5, 0.6) is 0 Å². The summed E-state index contributed by atoms with van der Waals surface area (Å²) in [5.74, 6) is 0. The van der Waals surface area contributed by atoms with Crippen LogP contribution in [0.4, 0.5) is 4.79 Å². The van der Waals surface area contributed by atoms with Gasteiger partial charge in [0.25, 0.3) is 0 Å². The van der Waals surface area contributed by atoms with Crippen LogP contribution < -0.4 is 0 Å². The van der Waals surface area contributed by atoms with Crippen LogP contribution in [-0.4, -0.2) is 34.3 Å². The summed E-state index contributed by atoms with van der Waals surface area (Å²) in [4.78, 5) is 13.9. The molecule has 0 saturated carbocycles. The van der Waals surface area contributed by atoms with Crippen molar-refractivity contribution < 1.29 is 14.3 Å². The first-order valence-electron chi connectivity index (χ1n) is 6.79. The molecular weight excluding hydrogens is 244 g/mol. The molecule has 3 heterocycles. The molecular formula is C14H18N2O3. The fourth-order valence-corrected chi connectivity index (χ4v) is 3.93. The van der Waals surface area contributed by atoms with Gasteiger partial charge in [0, 0.05) is 6.04 Å². The predicted octanol–water partition coefficient (Wildman–Crippen LogP) is 2.33. The Balaban J connectivity index is 1.93.